The number of esters is 1. The maximum Gasteiger partial charge on any atom is 0.378 e. The molecule has 0 bridgehead atoms. The average Bonchev–Trinajstić information content (AvgIpc) is 2.88. The van der Waals surface area contributed by atoms with E-state index in [-0.39, 0.29) is 24.7 Å². The van der Waals surface area contributed by atoms with Crippen molar-refractivity contribution in [3.63, 3.8) is 0 Å². The van der Waals surface area contributed by atoms with Crippen molar-refractivity contribution >= 4 is 11.7 Å². The van der Waals surface area contributed by atoms with Crippen molar-refractivity contribution in [3.8, 4) is 0 Å². The van der Waals surface area contributed by atoms with E-state index in [1.807, 2.05) is 0 Å². The van der Waals surface area contributed by atoms with Gasteiger partial charge in [0.2, 0.25) is 0 Å². The summed E-state index contributed by atoms with van der Waals surface area (Å²) in [7, 11) is 0. The summed E-state index contributed by atoms with van der Waals surface area (Å²) in [4.78, 5) is 21.7. The summed E-state index contributed by atoms with van der Waals surface area (Å²) < 4.78 is 6.10. The summed E-state index contributed by atoms with van der Waals surface area (Å²) >= 11 is 0. The average molecular weight is 277 g/mol. The smallest absolute Gasteiger partial charge is 0.378 e. The monoisotopic (exact) mass is 277 g/mol. The molecule has 1 heterocycles. The first kappa shape index (κ1) is 13.6. The number of nitro groups is 1. The number of hydrogen-bond donors (Lipinski definition) is 0. The normalized spacial score (nSPS) is 10.2. The zero-order chi connectivity index (χ0) is 14.5. The van der Waals surface area contributed by atoms with Crippen LogP contribution in [0.5, 0.6) is 0 Å². The van der Waals surface area contributed by atoms with E-state index in [4.69, 9.17) is 4.74 Å². The molecule has 2 rings (SSSR count). The SMILES string of the molecule is CCOC(=O)c1nnnn1Cc1ccc([N+](=O)[O-])cc1. The van der Waals surface area contributed by atoms with Crippen molar-refractivity contribution in [1.82, 2.24) is 20.2 Å². The number of nitrogens with zero attached hydrogens (tertiary/aromatic N) is 5. The molecule has 0 fully saturated rings. The van der Waals surface area contributed by atoms with E-state index in [1.165, 1.54) is 16.8 Å². The Morgan fingerprint density at radius 1 is 1.40 bits per heavy atom. The van der Waals surface area contributed by atoms with E-state index in [2.05, 4.69) is 15.5 Å². The molecule has 104 valence electrons. The molecule has 1 aromatic heterocycles. The van der Waals surface area contributed by atoms with Crippen LogP contribution in [0.4, 0.5) is 5.69 Å². The summed E-state index contributed by atoms with van der Waals surface area (Å²) in [5.41, 5.74) is 0.726. The Labute approximate surface area is 113 Å². The van der Waals surface area contributed by atoms with Crippen LogP contribution in [-0.2, 0) is 11.3 Å². The lowest BCUT2D eigenvalue weighted by atomic mass is 10.2. The van der Waals surface area contributed by atoms with Crippen LogP contribution in [0.3, 0.4) is 0 Å². The highest BCUT2D eigenvalue weighted by Crippen LogP contribution is 2.13. The standard InChI is InChI=1S/C11H11N5O4/c1-2-20-11(17)10-12-13-14-15(10)7-8-3-5-9(6-4-8)16(18)19/h3-6H,2,7H2,1H3. The number of hydrogen-bond acceptors (Lipinski definition) is 7. The third-order valence-corrected chi connectivity index (χ3v) is 2.47. The van der Waals surface area contributed by atoms with Crippen LogP contribution in [0.25, 0.3) is 0 Å². The quantitative estimate of drug-likeness (QED) is 0.451. The Hall–Kier alpha value is -2.84. The highest BCUT2D eigenvalue weighted by Gasteiger charge is 2.16. The number of ether oxygens (including phenoxy) is 1. The van der Waals surface area contributed by atoms with Gasteiger partial charge in [-0.2, -0.15) is 0 Å². The van der Waals surface area contributed by atoms with Crippen LogP contribution in [0.1, 0.15) is 23.1 Å². The molecular formula is C11H11N5O4. The summed E-state index contributed by atoms with van der Waals surface area (Å²) in [5, 5.41) is 21.3. The van der Waals surface area contributed by atoms with E-state index in [0.29, 0.717) is 0 Å². The third-order valence-electron chi connectivity index (χ3n) is 2.47. The van der Waals surface area contributed by atoms with Crippen LogP contribution in [0.2, 0.25) is 0 Å². The zero-order valence-electron chi connectivity index (χ0n) is 10.6. The fourth-order valence-corrected chi connectivity index (χ4v) is 1.55. The molecule has 20 heavy (non-hydrogen) atoms. The van der Waals surface area contributed by atoms with Crippen molar-refractivity contribution < 1.29 is 14.5 Å². The molecule has 0 aliphatic carbocycles. The van der Waals surface area contributed by atoms with E-state index in [1.54, 1.807) is 19.1 Å². The molecule has 0 atom stereocenters. The fraction of sp³-hybridized carbons (Fsp3) is 0.273. The largest absolute Gasteiger partial charge is 0.460 e. The van der Waals surface area contributed by atoms with Gasteiger partial charge < -0.3 is 4.74 Å². The van der Waals surface area contributed by atoms with Crippen LogP contribution in [0.15, 0.2) is 24.3 Å². The van der Waals surface area contributed by atoms with Gasteiger partial charge in [0.05, 0.1) is 18.1 Å². The minimum absolute atomic E-state index is 0.00363. The predicted molar refractivity (Wildman–Crippen MR) is 66.0 cm³/mol. The van der Waals surface area contributed by atoms with Gasteiger partial charge in [-0.3, -0.25) is 10.1 Å². The number of aromatic nitrogens is 4. The second-order valence-corrected chi connectivity index (χ2v) is 3.80. The van der Waals surface area contributed by atoms with E-state index < -0.39 is 10.9 Å². The highest BCUT2D eigenvalue weighted by molar-refractivity contribution is 5.85. The molecule has 0 saturated carbocycles. The highest BCUT2D eigenvalue weighted by atomic mass is 16.6. The maximum absolute atomic E-state index is 11.6. The van der Waals surface area contributed by atoms with Gasteiger partial charge in [0.25, 0.3) is 11.5 Å². The molecule has 0 N–H and O–H groups in total. The summed E-state index contributed by atoms with van der Waals surface area (Å²) in [6, 6.07) is 5.91. The third kappa shape index (κ3) is 2.94. The van der Waals surface area contributed by atoms with Crippen molar-refractivity contribution in [2.24, 2.45) is 0 Å². The number of tetrazole rings is 1. The van der Waals surface area contributed by atoms with Gasteiger partial charge >= 0.3 is 5.97 Å². The second kappa shape index (κ2) is 5.87. The van der Waals surface area contributed by atoms with E-state index in [9.17, 15) is 14.9 Å². The molecule has 0 unspecified atom stereocenters. The van der Waals surface area contributed by atoms with E-state index in [0.717, 1.165) is 5.56 Å². The first-order valence-electron chi connectivity index (χ1n) is 5.78. The zero-order valence-corrected chi connectivity index (χ0v) is 10.6. The Morgan fingerprint density at radius 2 is 2.10 bits per heavy atom. The molecule has 2 aromatic rings. The Morgan fingerprint density at radius 3 is 2.70 bits per heavy atom. The molecule has 0 saturated heterocycles. The number of nitro benzene ring substituents is 1. The van der Waals surface area contributed by atoms with Gasteiger partial charge in [-0.05, 0) is 22.9 Å². The van der Waals surface area contributed by atoms with Gasteiger partial charge in [0.1, 0.15) is 0 Å². The van der Waals surface area contributed by atoms with E-state index >= 15 is 0 Å². The molecule has 0 spiro atoms. The van der Waals surface area contributed by atoms with Crippen LogP contribution < -0.4 is 0 Å². The van der Waals surface area contributed by atoms with Crippen molar-refractivity contribution in [2.45, 2.75) is 13.5 Å². The molecule has 1 aromatic carbocycles. The van der Waals surface area contributed by atoms with Gasteiger partial charge in [0, 0.05) is 12.1 Å². The van der Waals surface area contributed by atoms with Crippen LogP contribution in [0, 0.1) is 10.1 Å². The summed E-state index contributed by atoms with van der Waals surface area (Å²) in [6.07, 6.45) is 0. The second-order valence-electron chi connectivity index (χ2n) is 3.80. The summed E-state index contributed by atoms with van der Waals surface area (Å²) in [6.45, 7) is 2.13. The lowest BCUT2D eigenvalue weighted by Crippen LogP contribution is -2.15. The molecule has 9 nitrogen and oxygen atoms in total. The van der Waals surface area contributed by atoms with Crippen LogP contribution >= 0.6 is 0 Å². The number of non-ortho nitro benzene ring substituents is 1. The maximum atomic E-state index is 11.6. The molecule has 0 radical (unpaired) electrons. The molecule has 0 aliphatic heterocycles. The molecule has 9 heteroatoms. The lowest BCUT2D eigenvalue weighted by molar-refractivity contribution is -0.384. The molecule has 0 aliphatic rings. The van der Waals surface area contributed by atoms with Crippen molar-refractivity contribution in [2.75, 3.05) is 6.61 Å². The summed E-state index contributed by atoms with van der Waals surface area (Å²) in [5.74, 6) is -0.621. The van der Waals surface area contributed by atoms with Gasteiger partial charge in [-0.15, -0.1) is 5.10 Å². The van der Waals surface area contributed by atoms with Crippen molar-refractivity contribution in [3.05, 3.63) is 45.8 Å². The lowest BCUT2D eigenvalue weighted by Gasteiger charge is -2.04. The van der Waals surface area contributed by atoms with Gasteiger partial charge in [-0.25, -0.2) is 9.48 Å². The topological polar surface area (TPSA) is 113 Å². The predicted octanol–water partition coefficient (Wildman–Crippen LogP) is 0.806. The Kier molecular flexibility index (Phi) is 3.99. The minimum atomic E-state index is -0.612. The molecular weight excluding hydrogens is 266 g/mol. The minimum Gasteiger partial charge on any atom is -0.460 e. The van der Waals surface area contributed by atoms with Crippen molar-refractivity contribution in [1.29, 1.82) is 0 Å². The number of carbonyl (C=O) groups excluding carboxylic acids is 1. The van der Waals surface area contributed by atoms with Crippen LogP contribution in [-0.4, -0.2) is 37.7 Å². The number of rotatable bonds is 5. The first-order valence-corrected chi connectivity index (χ1v) is 5.78. The first-order chi connectivity index (χ1) is 9.61. The number of carbonyl (C=O) groups is 1. The number of benzene rings is 1. The van der Waals surface area contributed by atoms with Gasteiger partial charge in [0.15, 0.2) is 0 Å². The molecule has 0 amide bonds. The Bertz CT molecular complexity index is 622. The fourth-order valence-electron chi connectivity index (χ4n) is 1.55. The Balaban J connectivity index is 2.16. The van der Waals surface area contributed by atoms with Gasteiger partial charge in [-0.1, -0.05) is 12.1 Å².